The lowest BCUT2D eigenvalue weighted by Gasteiger charge is -2.03. The van der Waals surface area contributed by atoms with Crippen LogP contribution in [0.1, 0.15) is 78.1 Å². The fourth-order valence-corrected chi connectivity index (χ4v) is 1.56. The molecule has 0 aromatic carbocycles. The molecule has 0 aliphatic heterocycles. The second-order valence-electron chi connectivity index (χ2n) is 4.32. The van der Waals surface area contributed by atoms with Gasteiger partial charge in [-0.2, -0.15) is 0 Å². The lowest BCUT2D eigenvalue weighted by molar-refractivity contribution is -0.140. The Bertz CT molecular complexity index is 139. The predicted octanol–water partition coefficient (Wildman–Crippen LogP) is 4.63. The fourth-order valence-electron chi connectivity index (χ4n) is 1.56. The number of unbranched alkanes of at least 4 members (excludes halogenated alkanes) is 7. The molecule has 0 fully saturated rings. The lowest BCUT2D eigenvalue weighted by Crippen LogP contribution is -2.02. The number of esters is 1. The second-order valence-corrected chi connectivity index (χ2v) is 4.32. The van der Waals surface area contributed by atoms with Crippen LogP contribution in [0.25, 0.3) is 0 Å². The molecule has 2 heteroatoms. The van der Waals surface area contributed by atoms with Gasteiger partial charge in [0.05, 0.1) is 0 Å². The van der Waals surface area contributed by atoms with Crippen LogP contribution in [0.3, 0.4) is 0 Å². The van der Waals surface area contributed by atoms with Crippen LogP contribution in [-0.4, -0.2) is 5.97 Å². The summed E-state index contributed by atoms with van der Waals surface area (Å²) < 4.78 is 5.03. The molecule has 0 N–H and O–H groups in total. The Morgan fingerprint density at radius 2 is 1.56 bits per heavy atom. The van der Waals surface area contributed by atoms with Gasteiger partial charge in [0.15, 0.2) is 0 Å². The van der Waals surface area contributed by atoms with Crippen LogP contribution in [0, 0.1) is 6.61 Å². The van der Waals surface area contributed by atoms with Crippen molar-refractivity contribution in [2.45, 2.75) is 78.1 Å². The summed E-state index contributed by atoms with van der Waals surface area (Å²) in [6.45, 7) is 6.03. The van der Waals surface area contributed by atoms with Gasteiger partial charge >= 0.3 is 5.97 Å². The van der Waals surface area contributed by atoms with Gasteiger partial charge in [0, 0.05) is 6.42 Å². The quantitative estimate of drug-likeness (QED) is 0.380. The van der Waals surface area contributed by atoms with Crippen LogP contribution in [0.2, 0.25) is 0 Å². The molecule has 0 saturated heterocycles. The molecule has 0 unspecified atom stereocenters. The first-order valence-corrected chi connectivity index (χ1v) is 6.82. The Hall–Kier alpha value is -0.530. The SMILES string of the molecule is CCCCC[CH]OC(=O)CCCCCCC. The normalized spacial score (nSPS) is 10.4. The highest BCUT2D eigenvalue weighted by atomic mass is 16.5. The van der Waals surface area contributed by atoms with Crippen molar-refractivity contribution >= 4 is 5.97 Å². The molecule has 0 aliphatic rings. The van der Waals surface area contributed by atoms with E-state index >= 15 is 0 Å². The average molecular weight is 227 g/mol. The molecule has 0 aromatic heterocycles. The molecular formula is C14H27O2. The summed E-state index contributed by atoms with van der Waals surface area (Å²) in [6.07, 6.45) is 10.9. The molecule has 0 aliphatic carbocycles. The van der Waals surface area contributed by atoms with Crippen molar-refractivity contribution < 1.29 is 9.53 Å². The summed E-state index contributed by atoms with van der Waals surface area (Å²) in [6, 6.07) is 0. The van der Waals surface area contributed by atoms with Crippen LogP contribution in [0.4, 0.5) is 0 Å². The Balaban J connectivity index is 3.12. The third kappa shape index (κ3) is 11.5. The molecule has 0 heterocycles. The van der Waals surface area contributed by atoms with Crippen LogP contribution in [0.5, 0.6) is 0 Å². The maximum atomic E-state index is 11.3. The smallest absolute Gasteiger partial charge is 0.306 e. The Labute approximate surface area is 101 Å². The van der Waals surface area contributed by atoms with Gasteiger partial charge in [-0.15, -0.1) is 0 Å². The molecule has 0 aromatic rings. The van der Waals surface area contributed by atoms with E-state index in [0.29, 0.717) is 6.42 Å². The third-order valence-corrected chi connectivity index (χ3v) is 2.62. The third-order valence-electron chi connectivity index (χ3n) is 2.62. The minimum absolute atomic E-state index is 0.0620. The highest BCUT2D eigenvalue weighted by molar-refractivity contribution is 5.69. The molecule has 95 valence electrons. The van der Waals surface area contributed by atoms with Crippen molar-refractivity contribution in [2.75, 3.05) is 0 Å². The van der Waals surface area contributed by atoms with Crippen LogP contribution in [-0.2, 0) is 9.53 Å². The Kier molecular flexibility index (Phi) is 12.1. The molecule has 0 spiro atoms. The highest BCUT2D eigenvalue weighted by Gasteiger charge is 2.02. The summed E-state index contributed by atoms with van der Waals surface area (Å²) in [5, 5.41) is 0. The van der Waals surface area contributed by atoms with E-state index in [1.54, 1.807) is 6.61 Å². The molecule has 0 rings (SSSR count). The van der Waals surface area contributed by atoms with Crippen molar-refractivity contribution in [3.63, 3.8) is 0 Å². The van der Waals surface area contributed by atoms with E-state index in [-0.39, 0.29) is 5.97 Å². The first-order chi connectivity index (χ1) is 7.81. The van der Waals surface area contributed by atoms with Crippen molar-refractivity contribution in [3.8, 4) is 0 Å². The van der Waals surface area contributed by atoms with Gasteiger partial charge in [-0.1, -0.05) is 52.4 Å². The van der Waals surface area contributed by atoms with E-state index in [2.05, 4.69) is 13.8 Å². The zero-order valence-corrected chi connectivity index (χ0v) is 11.0. The number of hydrogen-bond acceptors (Lipinski definition) is 2. The number of carbonyl (C=O) groups is 1. The Morgan fingerprint density at radius 1 is 0.938 bits per heavy atom. The highest BCUT2D eigenvalue weighted by Crippen LogP contribution is 2.07. The van der Waals surface area contributed by atoms with Gasteiger partial charge in [-0.3, -0.25) is 4.79 Å². The minimum Gasteiger partial charge on any atom is -0.458 e. The standard InChI is InChI=1S/C14H27O2/c1-3-5-7-9-10-12-14(15)16-13-11-8-6-4-2/h13H,3-12H2,1-2H3. The summed E-state index contributed by atoms with van der Waals surface area (Å²) in [7, 11) is 0. The molecule has 0 amide bonds. The van der Waals surface area contributed by atoms with E-state index in [4.69, 9.17) is 4.74 Å². The van der Waals surface area contributed by atoms with Gasteiger partial charge in [0.1, 0.15) is 6.61 Å². The monoisotopic (exact) mass is 227 g/mol. The van der Waals surface area contributed by atoms with Crippen LogP contribution >= 0.6 is 0 Å². The minimum atomic E-state index is -0.0620. The molecule has 0 saturated carbocycles. The summed E-state index contributed by atoms with van der Waals surface area (Å²) >= 11 is 0. The van der Waals surface area contributed by atoms with Gasteiger partial charge in [0.2, 0.25) is 0 Å². The zero-order chi connectivity index (χ0) is 12.1. The summed E-state index contributed by atoms with van der Waals surface area (Å²) in [5.41, 5.74) is 0. The zero-order valence-electron chi connectivity index (χ0n) is 11.0. The van der Waals surface area contributed by atoms with Gasteiger partial charge < -0.3 is 4.74 Å². The van der Waals surface area contributed by atoms with Gasteiger partial charge in [0.25, 0.3) is 0 Å². The van der Waals surface area contributed by atoms with Gasteiger partial charge in [-0.25, -0.2) is 0 Å². The number of carbonyl (C=O) groups excluding carboxylic acids is 1. The largest absolute Gasteiger partial charge is 0.458 e. The molecular weight excluding hydrogens is 200 g/mol. The molecule has 1 radical (unpaired) electrons. The first kappa shape index (κ1) is 15.5. The first-order valence-electron chi connectivity index (χ1n) is 6.82. The van der Waals surface area contributed by atoms with Crippen molar-refractivity contribution in [1.82, 2.24) is 0 Å². The number of rotatable bonds is 11. The predicted molar refractivity (Wildman–Crippen MR) is 67.9 cm³/mol. The topological polar surface area (TPSA) is 26.3 Å². The maximum absolute atomic E-state index is 11.3. The van der Waals surface area contributed by atoms with Gasteiger partial charge in [-0.05, 0) is 19.3 Å². The number of ether oxygens (including phenoxy) is 1. The average Bonchev–Trinajstić information content (AvgIpc) is 2.28. The maximum Gasteiger partial charge on any atom is 0.306 e. The van der Waals surface area contributed by atoms with Crippen molar-refractivity contribution in [3.05, 3.63) is 6.61 Å². The second kappa shape index (κ2) is 12.5. The molecule has 2 nitrogen and oxygen atoms in total. The van der Waals surface area contributed by atoms with E-state index in [1.807, 2.05) is 0 Å². The van der Waals surface area contributed by atoms with Crippen molar-refractivity contribution in [1.29, 1.82) is 0 Å². The van der Waals surface area contributed by atoms with Crippen LogP contribution < -0.4 is 0 Å². The lowest BCUT2D eigenvalue weighted by atomic mass is 10.1. The fraction of sp³-hybridized carbons (Fsp3) is 0.857. The van der Waals surface area contributed by atoms with E-state index in [0.717, 1.165) is 25.7 Å². The molecule has 0 bridgehead atoms. The van der Waals surface area contributed by atoms with E-state index in [9.17, 15) is 4.79 Å². The Morgan fingerprint density at radius 3 is 2.25 bits per heavy atom. The summed E-state index contributed by atoms with van der Waals surface area (Å²) in [4.78, 5) is 11.3. The van der Waals surface area contributed by atoms with Crippen molar-refractivity contribution in [2.24, 2.45) is 0 Å². The summed E-state index contributed by atoms with van der Waals surface area (Å²) in [5.74, 6) is -0.0620. The van der Waals surface area contributed by atoms with E-state index in [1.165, 1.54) is 32.1 Å². The van der Waals surface area contributed by atoms with Crippen LogP contribution in [0.15, 0.2) is 0 Å². The molecule has 0 atom stereocenters. The van der Waals surface area contributed by atoms with E-state index < -0.39 is 0 Å². The number of hydrogen-bond donors (Lipinski definition) is 0. The molecule has 16 heavy (non-hydrogen) atoms.